The molecule has 1 amide bonds. The molecule has 0 unspecified atom stereocenters. The van der Waals surface area contributed by atoms with Crippen LogP contribution >= 0.6 is 11.6 Å². The van der Waals surface area contributed by atoms with E-state index in [-0.39, 0.29) is 28.6 Å². The number of carboxylic acids is 1. The van der Waals surface area contributed by atoms with Gasteiger partial charge in [-0.25, -0.2) is 4.79 Å². The van der Waals surface area contributed by atoms with Crippen LogP contribution in [0.4, 0.5) is 5.69 Å². The number of amides is 1. The average Bonchev–Trinajstić information content (AvgIpc) is 2.31. The molecule has 0 bridgehead atoms. The molecule has 0 atom stereocenters. The molecule has 0 heterocycles. The van der Waals surface area contributed by atoms with Crippen LogP contribution in [0.1, 0.15) is 23.2 Å². The predicted octanol–water partition coefficient (Wildman–Crippen LogP) is 2.40. The van der Waals surface area contributed by atoms with Crippen molar-refractivity contribution in [3.63, 3.8) is 0 Å². The molecular weight excluding hydrogens is 258 g/mol. The molecule has 1 aromatic rings. The second kappa shape index (κ2) is 6.98. The zero-order chi connectivity index (χ0) is 13.5. The van der Waals surface area contributed by atoms with Crippen molar-refractivity contribution in [1.82, 2.24) is 0 Å². The maximum Gasteiger partial charge on any atom is 0.337 e. The van der Waals surface area contributed by atoms with Crippen LogP contribution in [0.25, 0.3) is 0 Å². The van der Waals surface area contributed by atoms with Gasteiger partial charge in [0.05, 0.1) is 16.3 Å². The smallest absolute Gasteiger partial charge is 0.337 e. The van der Waals surface area contributed by atoms with E-state index in [0.29, 0.717) is 13.0 Å². The molecule has 1 aromatic carbocycles. The molecule has 0 aliphatic heterocycles. The highest BCUT2D eigenvalue weighted by atomic mass is 35.5. The van der Waals surface area contributed by atoms with Crippen LogP contribution in [-0.2, 0) is 9.53 Å². The first-order chi connectivity index (χ1) is 8.56. The van der Waals surface area contributed by atoms with Crippen LogP contribution in [0.3, 0.4) is 0 Å². The Hall–Kier alpha value is -1.59. The zero-order valence-corrected chi connectivity index (χ0v) is 10.7. The van der Waals surface area contributed by atoms with E-state index in [1.807, 2.05) is 0 Å². The Morgan fingerprint density at radius 1 is 1.44 bits per heavy atom. The second-order valence-electron chi connectivity index (χ2n) is 3.61. The quantitative estimate of drug-likeness (QED) is 0.779. The lowest BCUT2D eigenvalue weighted by atomic mass is 10.1. The Morgan fingerprint density at radius 2 is 2.17 bits per heavy atom. The standard InChI is InChI=1S/C12H14ClNO4/c1-18-7-3-6-10(15)14-11-8(12(16)17)4-2-5-9(11)13/h2,4-5H,3,6-7H2,1H3,(H,14,15)(H,16,17). The molecule has 0 aromatic heterocycles. The molecule has 98 valence electrons. The number of aromatic carboxylic acids is 1. The van der Waals surface area contributed by atoms with Crippen molar-refractivity contribution < 1.29 is 19.4 Å². The number of rotatable bonds is 6. The number of hydrogen-bond donors (Lipinski definition) is 2. The fourth-order valence-corrected chi connectivity index (χ4v) is 1.63. The summed E-state index contributed by atoms with van der Waals surface area (Å²) in [6, 6.07) is 4.43. The molecule has 0 fully saturated rings. The highest BCUT2D eigenvalue weighted by Gasteiger charge is 2.15. The number of ether oxygens (including phenoxy) is 1. The minimum Gasteiger partial charge on any atom is -0.478 e. The zero-order valence-electron chi connectivity index (χ0n) is 9.90. The first-order valence-electron chi connectivity index (χ1n) is 5.37. The molecule has 6 heteroatoms. The first-order valence-corrected chi connectivity index (χ1v) is 5.74. The van der Waals surface area contributed by atoms with Crippen molar-refractivity contribution in [3.8, 4) is 0 Å². The normalized spacial score (nSPS) is 10.1. The van der Waals surface area contributed by atoms with Gasteiger partial charge in [-0.15, -0.1) is 0 Å². The summed E-state index contributed by atoms with van der Waals surface area (Å²) in [5.41, 5.74) is 0.108. The predicted molar refractivity (Wildman–Crippen MR) is 68.2 cm³/mol. The van der Waals surface area contributed by atoms with Crippen molar-refractivity contribution in [1.29, 1.82) is 0 Å². The van der Waals surface area contributed by atoms with E-state index in [4.69, 9.17) is 21.4 Å². The van der Waals surface area contributed by atoms with E-state index in [1.54, 1.807) is 7.11 Å². The van der Waals surface area contributed by atoms with Crippen LogP contribution in [-0.4, -0.2) is 30.7 Å². The molecule has 5 nitrogen and oxygen atoms in total. The minimum atomic E-state index is -1.13. The third-order valence-electron chi connectivity index (χ3n) is 2.26. The number of benzene rings is 1. The number of nitrogens with one attached hydrogen (secondary N) is 1. The Morgan fingerprint density at radius 3 is 2.78 bits per heavy atom. The topological polar surface area (TPSA) is 75.6 Å². The third kappa shape index (κ3) is 4.01. The maximum absolute atomic E-state index is 11.6. The van der Waals surface area contributed by atoms with Crippen LogP contribution < -0.4 is 5.32 Å². The van der Waals surface area contributed by atoms with E-state index < -0.39 is 5.97 Å². The molecule has 0 aliphatic rings. The summed E-state index contributed by atoms with van der Waals surface area (Å²) in [7, 11) is 1.55. The Labute approximate surface area is 110 Å². The summed E-state index contributed by atoms with van der Waals surface area (Å²) in [5.74, 6) is -1.42. The van der Waals surface area contributed by atoms with Gasteiger partial charge in [0.15, 0.2) is 0 Å². The van der Waals surface area contributed by atoms with Crippen LogP contribution in [0, 0.1) is 0 Å². The van der Waals surface area contributed by atoms with Gasteiger partial charge in [-0.2, -0.15) is 0 Å². The van der Waals surface area contributed by atoms with Gasteiger partial charge in [0.1, 0.15) is 0 Å². The summed E-state index contributed by atoms with van der Waals surface area (Å²) < 4.78 is 4.83. The van der Waals surface area contributed by atoms with E-state index in [2.05, 4.69) is 5.32 Å². The van der Waals surface area contributed by atoms with Gasteiger partial charge in [-0.05, 0) is 18.6 Å². The number of methoxy groups -OCH3 is 1. The van der Waals surface area contributed by atoms with Crippen molar-refractivity contribution >= 4 is 29.2 Å². The molecule has 18 heavy (non-hydrogen) atoms. The van der Waals surface area contributed by atoms with E-state index >= 15 is 0 Å². The lowest BCUT2D eigenvalue weighted by molar-refractivity contribution is -0.116. The van der Waals surface area contributed by atoms with Gasteiger partial charge in [-0.3, -0.25) is 4.79 Å². The van der Waals surface area contributed by atoms with Gasteiger partial charge in [0, 0.05) is 20.1 Å². The molecule has 0 spiro atoms. The largest absolute Gasteiger partial charge is 0.478 e. The average molecular weight is 272 g/mol. The highest BCUT2D eigenvalue weighted by Crippen LogP contribution is 2.26. The number of halogens is 1. The number of para-hydroxylation sites is 1. The number of carbonyl (C=O) groups excluding carboxylic acids is 1. The maximum atomic E-state index is 11.6. The Kier molecular flexibility index (Phi) is 5.61. The number of carboxylic acid groups (broad SMARTS) is 1. The fourth-order valence-electron chi connectivity index (χ4n) is 1.41. The molecule has 0 saturated heterocycles. The second-order valence-corrected chi connectivity index (χ2v) is 4.02. The summed E-state index contributed by atoms with van der Waals surface area (Å²) in [6.45, 7) is 0.474. The van der Waals surface area contributed by atoms with Gasteiger partial charge in [-0.1, -0.05) is 17.7 Å². The first kappa shape index (κ1) is 14.5. The summed E-state index contributed by atoms with van der Waals surface area (Å²) in [4.78, 5) is 22.6. The summed E-state index contributed by atoms with van der Waals surface area (Å²) in [6.07, 6.45) is 0.813. The SMILES string of the molecule is COCCCC(=O)Nc1c(Cl)cccc1C(=O)O. The van der Waals surface area contributed by atoms with Gasteiger partial charge >= 0.3 is 5.97 Å². The van der Waals surface area contributed by atoms with Gasteiger partial charge in [0.25, 0.3) is 0 Å². The lowest BCUT2D eigenvalue weighted by Gasteiger charge is -2.10. The molecule has 0 radical (unpaired) electrons. The van der Waals surface area contributed by atoms with E-state index in [0.717, 1.165) is 0 Å². The molecule has 0 aliphatic carbocycles. The van der Waals surface area contributed by atoms with E-state index in [1.165, 1.54) is 18.2 Å². The molecular formula is C12H14ClNO4. The van der Waals surface area contributed by atoms with Crippen molar-refractivity contribution in [2.75, 3.05) is 19.0 Å². The summed E-state index contributed by atoms with van der Waals surface area (Å²) >= 11 is 5.88. The van der Waals surface area contributed by atoms with Crippen LogP contribution in [0.15, 0.2) is 18.2 Å². The summed E-state index contributed by atoms with van der Waals surface area (Å²) in [5, 5.41) is 11.7. The highest BCUT2D eigenvalue weighted by molar-refractivity contribution is 6.34. The number of carbonyl (C=O) groups is 2. The van der Waals surface area contributed by atoms with Crippen molar-refractivity contribution in [2.45, 2.75) is 12.8 Å². The van der Waals surface area contributed by atoms with E-state index in [9.17, 15) is 9.59 Å². The third-order valence-corrected chi connectivity index (χ3v) is 2.58. The fraction of sp³-hybridized carbons (Fsp3) is 0.333. The Balaban J connectivity index is 2.77. The van der Waals surface area contributed by atoms with Gasteiger partial charge < -0.3 is 15.2 Å². The lowest BCUT2D eigenvalue weighted by Crippen LogP contribution is -2.15. The van der Waals surface area contributed by atoms with Crippen molar-refractivity contribution in [2.24, 2.45) is 0 Å². The molecule has 0 saturated carbocycles. The minimum absolute atomic E-state index is 0.0254. The monoisotopic (exact) mass is 271 g/mol. The molecule has 2 N–H and O–H groups in total. The molecule has 1 rings (SSSR count). The Bertz CT molecular complexity index is 448. The van der Waals surface area contributed by atoms with Crippen LogP contribution in [0.2, 0.25) is 5.02 Å². The number of anilines is 1. The van der Waals surface area contributed by atoms with Crippen molar-refractivity contribution in [3.05, 3.63) is 28.8 Å². The van der Waals surface area contributed by atoms with Gasteiger partial charge in [0.2, 0.25) is 5.91 Å². The van der Waals surface area contributed by atoms with Crippen LogP contribution in [0.5, 0.6) is 0 Å². The number of hydrogen-bond acceptors (Lipinski definition) is 3.